The van der Waals surface area contributed by atoms with Gasteiger partial charge in [0.05, 0.1) is 0 Å². The lowest BCUT2D eigenvalue weighted by atomic mass is 9.98. The van der Waals surface area contributed by atoms with Crippen LogP contribution in [0.2, 0.25) is 0 Å². The average molecular weight is 300 g/mol. The Kier molecular flexibility index (Phi) is 3.84. The minimum absolute atomic E-state index is 0.149. The van der Waals surface area contributed by atoms with Crippen molar-refractivity contribution in [3.05, 3.63) is 24.2 Å². The van der Waals surface area contributed by atoms with Crippen molar-refractivity contribution in [2.24, 2.45) is 5.92 Å². The van der Waals surface area contributed by atoms with E-state index in [2.05, 4.69) is 27.6 Å². The summed E-state index contributed by atoms with van der Waals surface area (Å²) in [5.74, 6) is 1.76. The third kappa shape index (κ3) is 2.63. The number of piperidine rings is 1. The average Bonchev–Trinajstić information content (AvgIpc) is 3.15. The summed E-state index contributed by atoms with van der Waals surface area (Å²) in [5, 5.41) is 0. The van der Waals surface area contributed by atoms with Crippen molar-refractivity contribution in [1.82, 2.24) is 19.4 Å². The highest BCUT2D eigenvalue weighted by Gasteiger charge is 2.27. The first-order valence-electron chi connectivity index (χ1n) is 8.42. The maximum Gasteiger partial charge on any atom is 0.160 e. The van der Waals surface area contributed by atoms with E-state index in [0.29, 0.717) is 5.92 Å². The van der Waals surface area contributed by atoms with Crippen LogP contribution in [0.4, 0.5) is 0 Å². The summed E-state index contributed by atoms with van der Waals surface area (Å²) in [6, 6.07) is 4.03. The second-order valence-electron chi connectivity index (χ2n) is 6.70. The molecule has 2 aromatic heterocycles. The highest BCUT2D eigenvalue weighted by Crippen LogP contribution is 2.31. The van der Waals surface area contributed by atoms with Crippen LogP contribution in [-0.4, -0.2) is 46.2 Å². The van der Waals surface area contributed by atoms with Crippen molar-refractivity contribution in [3.8, 4) is 0 Å². The molecule has 2 saturated heterocycles. The molecule has 2 aliphatic rings. The zero-order valence-electron chi connectivity index (χ0n) is 13.2. The van der Waals surface area contributed by atoms with Crippen LogP contribution in [0.1, 0.15) is 37.6 Å². The van der Waals surface area contributed by atoms with Gasteiger partial charge in [-0.3, -0.25) is 0 Å². The third-order valence-electron chi connectivity index (χ3n) is 4.91. The monoisotopic (exact) mass is 300 g/mol. The van der Waals surface area contributed by atoms with E-state index in [4.69, 9.17) is 9.72 Å². The molecule has 0 saturated carbocycles. The number of ether oxygens (including phenoxy) is 1. The molecule has 2 atom stereocenters. The first-order chi connectivity index (χ1) is 10.8. The van der Waals surface area contributed by atoms with E-state index in [0.717, 1.165) is 49.5 Å². The maximum atomic E-state index is 5.90. The highest BCUT2D eigenvalue weighted by atomic mass is 16.5. The molecular formula is C17H24N4O. The topological polar surface area (TPSA) is 43.2 Å². The Balaban J connectivity index is 1.68. The molecule has 0 bridgehead atoms. The largest absolute Gasteiger partial charge is 0.370 e. The van der Waals surface area contributed by atoms with E-state index in [1.807, 2.05) is 12.3 Å². The van der Waals surface area contributed by atoms with Gasteiger partial charge >= 0.3 is 0 Å². The van der Waals surface area contributed by atoms with Crippen LogP contribution in [0.15, 0.2) is 18.3 Å². The van der Waals surface area contributed by atoms with Crippen LogP contribution < -0.4 is 0 Å². The third-order valence-corrected chi connectivity index (χ3v) is 4.91. The first-order valence-corrected chi connectivity index (χ1v) is 8.42. The lowest BCUT2D eigenvalue weighted by Crippen LogP contribution is -2.34. The molecule has 0 amide bonds. The predicted molar refractivity (Wildman–Crippen MR) is 85.7 cm³/mol. The summed E-state index contributed by atoms with van der Waals surface area (Å²) in [7, 11) is 2.22. The number of pyridine rings is 1. The van der Waals surface area contributed by atoms with Gasteiger partial charge in [-0.2, -0.15) is 0 Å². The van der Waals surface area contributed by atoms with E-state index < -0.39 is 0 Å². The standard InChI is InChI=1S/C17H24N4O/c1-20-9-3-5-13(11-20)12-21-16-14(6-2-8-18-16)19-17(21)15-7-4-10-22-15/h2,6,8,13,15H,3-5,7,9-12H2,1H3. The van der Waals surface area contributed by atoms with Crippen LogP contribution >= 0.6 is 0 Å². The molecule has 0 spiro atoms. The fourth-order valence-corrected chi connectivity index (χ4v) is 3.86. The molecule has 2 aromatic rings. The SMILES string of the molecule is CN1CCCC(Cn2c(C3CCCO3)nc3cccnc32)C1. The zero-order chi connectivity index (χ0) is 14.9. The molecule has 22 heavy (non-hydrogen) atoms. The molecule has 0 aliphatic carbocycles. The van der Waals surface area contributed by atoms with E-state index in [1.54, 1.807) is 0 Å². The van der Waals surface area contributed by atoms with E-state index in [9.17, 15) is 0 Å². The van der Waals surface area contributed by atoms with Crippen molar-refractivity contribution in [3.63, 3.8) is 0 Å². The Bertz CT molecular complexity index is 647. The van der Waals surface area contributed by atoms with Gasteiger partial charge in [-0.25, -0.2) is 9.97 Å². The molecule has 2 unspecified atom stereocenters. The van der Waals surface area contributed by atoms with Gasteiger partial charge in [0.15, 0.2) is 5.65 Å². The molecule has 0 N–H and O–H groups in total. The first kappa shape index (κ1) is 14.2. The second-order valence-corrected chi connectivity index (χ2v) is 6.70. The van der Waals surface area contributed by atoms with Gasteiger partial charge in [0.25, 0.3) is 0 Å². The van der Waals surface area contributed by atoms with Gasteiger partial charge in [-0.1, -0.05) is 0 Å². The number of imidazole rings is 1. The van der Waals surface area contributed by atoms with Gasteiger partial charge in [0.1, 0.15) is 17.4 Å². The van der Waals surface area contributed by atoms with Crippen LogP contribution in [0, 0.1) is 5.92 Å². The number of fused-ring (bicyclic) bond motifs is 1. The summed E-state index contributed by atoms with van der Waals surface area (Å²) in [6.07, 6.45) is 6.81. The molecule has 0 aromatic carbocycles. The Hall–Kier alpha value is -1.46. The van der Waals surface area contributed by atoms with E-state index in [-0.39, 0.29) is 6.10 Å². The van der Waals surface area contributed by atoms with E-state index >= 15 is 0 Å². The maximum absolute atomic E-state index is 5.90. The Morgan fingerprint density at radius 1 is 1.32 bits per heavy atom. The number of likely N-dealkylation sites (tertiary alicyclic amines) is 1. The molecular weight excluding hydrogens is 276 g/mol. The van der Waals surface area contributed by atoms with Crippen molar-refractivity contribution in [2.75, 3.05) is 26.7 Å². The van der Waals surface area contributed by atoms with Gasteiger partial charge in [-0.05, 0) is 57.3 Å². The molecule has 118 valence electrons. The van der Waals surface area contributed by atoms with E-state index in [1.165, 1.54) is 19.4 Å². The summed E-state index contributed by atoms with van der Waals surface area (Å²) in [5.41, 5.74) is 2.01. The van der Waals surface area contributed by atoms with Gasteiger partial charge in [0.2, 0.25) is 0 Å². The molecule has 5 heteroatoms. The summed E-state index contributed by atoms with van der Waals surface area (Å²) >= 11 is 0. The van der Waals surface area contributed by atoms with Gasteiger partial charge in [-0.15, -0.1) is 0 Å². The van der Waals surface area contributed by atoms with Crippen molar-refractivity contribution in [1.29, 1.82) is 0 Å². The fourth-order valence-electron chi connectivity index (χ4n) is 3.86. The Morgan fingerprint density at radius 3 is 3.09 bits per heavy atom. The smallest absolute Gasteiger partial charge is 0.160 e. The van der Waals surface area contributed by atoms with Crippen molar-refractivity contribution < 1.29 is 4.74 Å². The summed E-state index contributed by atoms with van der Waals surface area (Å²) in [4.78, 5) is 11.9. The van der Waals surface area contributed by atoms with Gasteiger partial charge in [0, 0.05) is 25.9 Å². The van der Waals surface area contributed by atoms with Crippen LogP contribution in [0.5, 0.6) is 0 Å². The Labute approximate surface area is 131 Å². The summed E-state index contributed by atoms with van der Waals surface area (Å²) in [6.45, 7) is 4.25. The van der Waals surface area contributed by atoms with Crippen molar-refractivity contribution in [2.45, 2.75) is 38.3 Å². The predicted octanol–water partition coefficient (Wildman–Crippen LogP) is 2.62. The lowest BCUT2D eigenvalue weighted by Gasteiger charge is -2.30. The number of hydrogen-bond acceptors (Lipinski definition) is 4. The minimum Gasteiger partial charge on any atom is -0.370 e. The lowest BCUT2D eigenvalue weighted by molar-refractivity contribution is 0.0999. The highest BCUT2D eigenvalue weighted by molar-refractivity contribution is 5.71. The van der Waals surface area contributed by atoms with Gasteiger partial charge < -0.3 is 14.2 Å². The Morgan fingerprint density at radius 2 is 2.27 bits per heavy atom. The number of rotatable bonds is 3. The normalized spacial score (nSPS) is 26.8. The second kappa shape index (κ2) is 5.97. The molecule has 2 aliphatic heterocycles. The zero-order valence-corrected chi connectivity index (χ0v) is 13.2. The summed E-state index contributed by atoms with van der Waals surface area (Å²) < 4.78 is 8.23. The molecule has 5 nitrogen and oxygen atoms in total. The number of aromatic nitrogens is 3. The number of hydrogen-bond donors (Lipinski definition) is 0. The quantitative estimate of drug-likeness (QED) is 0.874. The fraction of sp³-hybridized carbons (Fsp3) is 0.647. The molecule has 4 rings (SSSR count). The number of nitrogens with zero attached hydrogens (tertiary/aromatic N) is 4. The van der Waals surface area contributed by atoms with Crippen LogP contribution in [0.3, 0.4) is 0 Å². The minimum atomic E-state index is 0.149. The molecule has 0 radical (unpaired) electrons. The van der Waals surface area contributed by atoms with Crippen molar-refractivity contribution >= 4 is 11.2 Å². The van der Waals surface area contributed by atoms with Crippen LogP contribution in [-0.2, 0) is 11.3 Å². The van der Waals surface area contributed by atoms with Crippen LogP contribution in [0.25, 0.3) is 11.2 Å². The molecule has 4 heterocycles. The molecule has 2 fully saturated rings.